The van der Waals surface area contributed by atoms with Crippen molar-refractivity contribution >= 4 is 33.7 Å². The Hall–Kier alpha value is -0.800. The Morgan fingerprint density at radius 3 is 2.53 bits per heavy atom. The van der Waals surface area contributed by atoms with E-state index in [4.69, 9.17) is 11.6 Å². The molecule has 0 saturated carbocycles. The number of thioether (sulfide) groups is 1. The molecule has 0 aliphatic rings. The summed E-state index contributed by atoms with van der Waals surface area (Å²) in [6.07, 6.45) is 1.24. The van der Waals surface area contributed by atoms with Gasteiger partial charge in [0.05, 0.1) is 0 Å². The van der Waals surface area contributed by atoms with Gasteiger partial charge in [0, 0.05) is 18.1 Å². The summed E-state index contributed by atoms with van der Waals surface area (Å²) in [7, 11) is 0. The van der Waals surface area contributed by atoms with Crippen molar-refractivity contribution in [1.82, 2.24) is 0 Å². The first-order valence-corrected chi connectivity index (χ1v) is 6.85. The summed E-state index contributed by atoms with van der Waals surface area (Å²) < 4.78 is 0. The lowest BCUT2D eigenvalue weighted by Crippen LogP contribution is -2.08. The van der Waals surface area contributed by atoms with Crippen LogP contribution < -0.4 is 0 Å². The number of benzene rings is 1. The molecule has 0 radical (unpaired) electrons. The zero-order valence-corrected chi connectivity index (χ0v) is 11.3. The summed E-state index contributed by atoms with van der Waals surface area (Å²) in [5.41, 5.74) is 1.16. The molecule has 17 heavy (non-hydrogen) atoms. The number of aryl methyl sites for hydroxylation is 1. The van der Waals surface area contributed by atoms with Crippen molar-refractivity contribution in [2.75, 3.05) is 5.75 Å². The van der Waals surface area contributed by atoms with Crippen molar-refractivity contribution in [3.05, 3.63) is 35.9 Å². The highest BCUT2D eigenvalue weighted by Crippen LogP contribution is 2.15. The first-order chi connectivity index (χ1) is 8.09. The summed E-state index contributed by atoms with van der Waals surface area (Å²) in [6.45, 7) is 1.73. The SMILES string of the molecule is CC(CSC(=O)CCc1ccccc1)C(=O)Cl. The molecular formula is C13H15ClO2S. The lowest BCUT2D eigenvalue weighted by atomic mass is 10.1. The van der Waals surface area contributed by atoms with Crippen LogP contribution in [0.3, 0.4) is 0 Å². The van der Waals surface area contributed by atoms with Crippen molar-refractivity contribution < 1.29 is 9.59 Å². The second-order valence-electron chi connectivity index (χ2n) is 3.87. The fourth-order valence-electron chi connectivity index (χ4n) is 1.25. The highest BCUT2D eigenvalue weighted by atomic mass is 35.5. The topological polar surface area (TPSA) is 34.1 Å². The molecule has 4 heteroatoms. The molecule has 0 heterocycles. The molecule has 1 rings (SSSR count). The number of rotatable bonds is 6. The summed E-state index contributed by atoms with van der Waals surface area (Å²) in [6, 6.07) is 9.88. The van der Waals surface area contributed by atoms with Gasteiger partial charge in [0.2, 0.25) is 5.24 Å². The Kier molecular flexibility index (Phi) is 6.30. The molecule has 0 spiro atoms. The van der Waals surface area contributed by atoms with Gasteiger partial charge in [-0.1, -0.05) is 49.0 Å². The molecule has 0 aromatic heterocycles. The molecule has 0 N–H and O–H groups in total. The smallest absolute Gasteiger partial charge is 0.225 e. The van der Waals surface area contributed by atoms with Crippen LogP contribution in [0.5, 0.6) is 0 Å². The summed E-state index contributed by atoms with van der Waals surface area (Å²) in [5, 5.41) is -0.271. The van der Waals surface area contributed by atoms with E-state index in [1.165, 1.54) is 11.8 Å². The molecule has 2 nitrogen and oxygen atoms in total. The summed E-state index contributed by atoms with van der Waals surface area (Å²) in [4.78, 5) is 22.3. The van der Waals surface area contributed by atoms with Crippen molar-refractivity contribution in [1.29, 1.82) is 0 Å². The highest BCUT2D eigenvalue weighted by Gasteiger charge is 2.12. The van der Waals surface area contributed by atoms with E-state index in [0.29, 0.717) is 12.2 Å². The average molecular weight is 271 g/mol. The molecule has 0 amide bonds. The van der Waals surface area contributed by atoms with Crippen LogP contribution in [0.2, 0.25) is 0 Å². The minimum atomic E-state index is -0.381. The van der Waals surface area contributed by atoms with E-state index in [1.54, 1.807) is 6.92 Å². The molecule has 0 aliphatic heterocycles. The van der Waals surface area contributed by atoms with Gasteiger partial charge < -0.3 is 0 Å². The van der Waals surface area contributed by atoms with E-state index in [9.17, 15) is 9.59 Å². The Balaban J connectivity index is 2.24. The van der Waals surface area contributed by atoms with Gasteiger partial charge in [0.1, 0.15) is 0 Å². The minimum absolute atomic E-state index is 0.110. The van der Waals surface area contributed by atoms with Gasteiger partial charge in [-0.05, 0) is 23.6 Å². The van der Waals surface area contributed by atoms with Crippen molar-refractivity contribution in [2.24, 2.45) is 5.92 Å². The maximum atomic E-state index is 11.6. The third kappa shape index (κ3) is 5.89. The molecule has 0 fully saturated rings. The Labute approximate surface area is 111 Å². The Bertz CT molecular complexity index is 378. The largest absolute Gasteiger partial charge is 0.287 e. The third-order valence-electron chi connectivity index (χ3n) is 2.34. The molecule has 1 aromatic carbocycles. The van der Waals surface area contributed by atoms with Crippen molar-refractivity contribution in [3.8, 4) is 0 Å². The zero-order valence-electron chi connectivity index (χ0n) is 9.69. The monoisotopic (exact) mass is 270 g/mol. The zero-order chi connectivity index (χ0) is 12.7. The molecule has 1 unspecified atom stereocenters. The lowest BCUT2D eigenvalue weighted by Gasteiger charge is -2.04. The van der Waals surface area contributed by atoms with Gasteiger partial charge >= 0.3 is 0 Å². The van der Waals surface area contributed by atoms with Crippen LogP contribution >= 0.6 is 23.4 Å². The molecule has 0 aliphatic carbocycles. The van der Waals surface area contributed by atoms with Crippen LogP contribution in [-0.4, -0.2) is 16.1 Å². The number of hydrogen-bond donors (Lipinski definition) is 0. The van der Waals surface area contributed by atoms with Crippen molar-refractivity contribution in [3.63, 3.8) is 0 Å². The number of carbonyl (C=O) groups excluding carboxylic acids is 2. The van der Waals surface area contributed by atoms with Gasteiger partial charge in [-0.15, -0.1) is 0 Å². The first kappa shape index (κ1) is 14.3. The van der Waals surface area contributed by atoms with Crippen LogP contribution in [0.1, 0.15) is 18.9 Å². The highest BCUT2D eigenvalue weighted by molar-refractivity contribution is 8.13. The van der Waals surface area contributed by atoms with E-state index in [1.807, 2.05) is 30.3 Å². The fraction of sp³-hybridized carbons (Fsp3) is 0.385. The van der Waals surface area contributed by atoms with E-state index < -0.39 is 0 Å². The second kappa shape index (κ2) is 7.51. The van der Waals surface area contributed by atoms with E-state index in [2.05, 4.69) is 0 Å². The van der Waals surface area contributed by atoms with Crippen LogP contribution in [0.4, 0.5) is 0 Å². The second-order valence-corrected chi connectivity index (χ2v) is 5.32. The predicted octanol–water partition coefficient (Wildman–Crippen LogP) is 3.28. The van der Waals surface area contributed by atoms with Crippen LogP contribution in [0, 0.1) is 5.92 Å². The van der Waals surface area contributed by atoms with Crippen LogP contribution in [-0.2, 0) is 16.0 Å². The first-order valence-electron chi connectivity index (χ1n) is 5.48. The van der Waals surface area contributed by atoms with Gasteiger partial charge in [0.25, 0.3) is 0 Å². The maximum Gasteiger partial charge on any atom is 0.225 e. The molecular weight excluding hydrogens is 256 g/mol. The number of carbonyl (C=O) groups is 2. The molecule has 0 saturated heterocycles. The molecule has 92 valence electrons. The number of halogens is 1. The van der Waals surface area contributed by atoms with Crippen LogP contribution in [0.15, 0.2) is 30.3 Å². The maximum absolute atomic E-state index is 11.6. The summed E-state index contributed by atoms with van der Waals surface area (Å²) in [5.74, 6) is 0.206. The minimum Gasteiger partial charge on any atom is -0.287 e. The molecule has 1 aromatic rings. The Morgan fingerprint density at radius 2 is 1.94 bits per heavy atom. The standard InChI is InChI=1S/C13H15ClO2S/c1-10(13(14)16)9-17-12(15)8-7-11-5-3-2-4-6-11/h2-6,10H,7-9H2,1H3. The molecule has 0 bridgehead atoms. The van der Waals surface area contributed by atoms with Gasteiger partial charge in [-0.3, -0.25) is 9.59 Å². The van der Waals surface area contributed by atoms with Gasteiger partial charge in [-0.25, -0.2) is 0 Å². The molecule has 1 atom stereocenters. The van der Waals surface area contributed by atoms with E-state index >= 15 is 0 Å². The normalized spacial score (nSPS) is 12.1. The fourth-order valence-corrected chi connectivity index (χ4v) is 2.25. The lowest BCUT2D eigenvalue weighted by molar-refractivity contribution is -0.114. The van der Waals surface area contributed by atoms with E-state index in [0.717, 1.165) is 12.0 Å². The van der Waals surface area contributed by atoms with Crippen LogP contribution in [0.25, 0.3) is 0 Å². The third-order valence-corrected chi connectivity index (χ3v) is 3.91. The van der Waals surface area contributed by atoms with Gasteiger partial charge in [0.15, 0.2) is 5.12 Å². The quantitative estimate of drug-likeness (QED) is 0.744. The summed E-state index contributed by atoms with van der Waals surface area (Å²) >= 11 is 6.51. The average Bonchev–Trinajstić information content (AvgIpc) is 2.34. The van der Waals surface area contributed by atoms with Crippen molar-refractivity contribution in [2.45, 2.75) is 19.8 Å². The number of hydrogen-bond acceptors (Lipinski definition) is 3. The predicted molar refractivity (Wildman–Crippen MR) is 72.3 cm³/mol. The Morgan fingerprint density at radius 1 is 1.29 bits per heavy atom. The van der Waals surface area contributed by atoms with Gasteiger partial charge in [-0.2, -0.15) is 0 Å². The van der Waals surface area contributed by atoms with E-state index in [-0.39, 0.29) is 16.3 Å².